The molecule has 0 aliphatic carbocycles. The highest BCUT2D eigenvalue weighted by Gasteiger charge is 2.19. The van der Waals surface area contributed by atoms with Crippen LogP contribution >= 0.6 is 11.8 Å². The zero-order valence-electron chi connectivity index (χ0n) is 15.5. The summed E-state index contributed by atoms with van der Waals surface area (Å²) in [6.45, 7) is 3.96. The van der Waals surface area contributed by atoms with E-state index in [-0.39, 0.29) is 18.0 Å². The minimum Gasteiger partial charge on any atom is -0.454 e. The lowest BCUT2D eigenvalue weighted by atomic mass is 10.1. The third kappa shape index (κ3) is 4.09. The van der Waals surface area contributed by atoms with Gasteiger partial charge in [0.2, 0.25) is 12.7 Å². The molecule has 28 heavy (non-hydrogen) atoms. The van der Waals surface area contributed by atoms with Crippen LogP contribution in [-0.2, 0) is 4.79 Å². The Hall–Kier alpha value is -3.06. The van der Waals surface area contributed by atoms with Gasteiger partial charge in [-0.1, -0.05) is 42.1 Å². The number of benzene rings is 2. The van der Waals surface area contributed by atoms with E-state index in [2.05, 4.69) is 15.3 Å². The number of rotatable bonds is 5. The first kappa shape index (κ1) is 18.3. The SMILES string of the molecule is Cc1cc(-c2ccccc2)nc(S[C@H](C)C(=O)Nc2ccc3c(c2)OCO3)n1. The van der Waals surface area contributed by atoms with Crippen molar-refractivity contribution in [1.29, 1.82) is 0 Å². The van der Waals surface area contributed by atoms with E-state index in [0.29, 0.717) is 22.3 Å². The summed E-state index contributed by atoms with van der Waals surface area (Å²) in [5.41, 5.74) is 3.39. The Morgan fingerprint density at radius 2 is 1.86 bits per heavy atom. The van der Waals surface area contributed by atoms with Gasteiger partial charge in [-0.2, -0.15) is 0 Å². The topological polar surface area (TPSA) is 73.3 Å². The monoisotopic (exact) mass is 393 g/mol. The number of nitrogens with zero attached hydrogens (tertiary/aromatic N) is 2. The number of amides is 1. The van der Waals surface area contributed by atoms with Crippen molar-refractivity contribution < 1.29 is 14.3 Å². The quantitative estimate of drug-likeness (QED) is 0.515. The predicted molar refractivity (Wildman–Crippen MR) is 109 cm³/mol. The van der Waals surface area contributed by atoms with Crippen molar-refractivity contribution in [2.75, 3.05) is 12.1 Å². The Labute approximate surface area is 167 Å². The van der Waals surface area contributed by atoms with E-state index >= 15 is 0 Å². The Kier molecular flexibility index (Phi) is 5.16. The number of carbonyl (C=O) groups excluding carboxylic acids is 1. The smallest absolute Gasteiger partial charge is 0.237 e. The van der Waals surface area contributed by atoms with Crippen LogP contribution in [0.5, 0.6) is 11.5 Å². The van der Waals surface area contributed by atoms with Crippen LogP contribution in [0.4, 0.5) is 5.69 Å². The maximum absolute atomic E-state index is 12.6. The van der Waals surface area contributed by atoms with Crippen LogP contribution in [0, 0.1) is 6.92 Å². The molecule has 0 bridgehead atoms. The molecule has 0 radical (unpaired) electrons. The summed E-state index contributed by atoms with van der Waals surface area (Å²) in [5, 5.41) is 3.11. The van der Waals surface area contributed by atoms with Crippen molar-refractivity contribution in [2.45, 2.75) is 24.3 Å². The van der Waals surface area contributed by atoms with Gasteiger partial charge in [0.15, 0.2) is 16.7 Å². The lowest BCUT2D eigenvalue weighted by Crippen LogP contribution is -2.22. The highest BCUT2D eigenvalue weighted by atomic mass is 32.2. The van der Waals surface area contributed by atoms with Gasteiger partial charge in [-0.3, -0.25) is 4.79 Å². The number of thioether (sulfide) groups is 1. The van der Waals surface area contributed by atoms with Crippen molar-refractivity contribution in [1.82, 2.24) is 9.97 Å². The predicted octanol–water partition coefficient (Wildman–Crippen LogP) is 4.30. The van der Waals surface area contributed by atoms with E-state index in [1.165, 1.54) is 11.8 Å². The first-order valence-electron chi connectivity index (χ1n) is 8.87. The number of aryl methyl sites for hydroxylation is 1. The van der Waals surface area contributed by atoms with Crippen LogP contribution in [0.15, 0.2) is 59.8 Å². The maximum Gasteiger partial charge on any atom is 0.237 e. The molecule has 1 aliphatic rings. The highest BCUT2D eigenvalue weighted by molar-refractivity contribution is 8.00. The van der Waals surface area contributed by atoms with Crippen LogP contribution in [0.1, 0.15) is 12.6 Å². The average molecular weight is 393 g/mol. The van der Waals surface area contributed by atoms with E-state index < -0.39 is 0 Å². The van der Waals surface area contributed by atoms with Crippen LogP contribution in [-0.4, -0.2) is 27.9 Å². The number of carbonyl (C=O) groups is 1. The number of fused-ring (bicyclic) bond motifs is 1. The average Bonchev–Trinajstić information content (AvgIpc) is 3.16. The molecule has 2 heterocycles. The number of hydrogen-bond acceptors (Lipinski definition) is 6. The zero-order chi connectivity index (χ0) is 19.5. The Morgan fingerprint density at radius 3 is 2.68 bits per heavy atom. The molecule has 2 aromatic carbocycles. The fourth-order valence-electron chi connectivity index (χ4n) is 2.78. The Bertz CT molecular complexity index is 1010. The van der Waals surface area contributed by atoms with Crippen LogP contribution < -0.4 is 14.8 Å². The minimum atomic E-state index is -0.365. The Balaban J connectivity index is 1.46. The Morgan fingerprint density at radius 1 is 1.07 bits per heavy atom. The normalized spacial score (nSPS) is 13.2. The summed E-state index contributed by atoms with van der Waals surface area (Å²) in [4.78, 5) is 21.7. The zero-order valence-corrected chi connectivity index (χ0v) is 16.3. The number of anilines is 1. The van der Waals surface area contributed by atoms with Gasteiger partial charge in [-0.05, 0) is 32.0 Å². The van der Waals surface area contributed by atoms with E-state index in [9.17, 15) is 4.79 Å². The summed E-state index contributed by atoms with van der Waals surface area (Å²) in [6, 6.07) is 17.2. The van der Waals surface area contributed by atoms with Gasteiger partial charge in [-0.15, -0.1) is 0 Å². The van der Waals surface area contributed by atoms with Gasteiger partial charge in [0.25, 0.3) is 0 Å². The third-order valence-electron chi connectivity index (χ3n) is 4.19. The van der Waals surface area contributed by atoms with Crippen LogP contribution in [0.3, 0.4) is 0 Å². The minimum absolute atomic E-state index is 0.129. The molecule has 142 valence electrons. The van der Waals surface area contributed by atoms with E-state index in [4.69, 9.17) is 9.47 Å². The number of ether oxygens (including phenoxy) is 2. The molecule has 1 atom stereocenters. The van der Waals surface area contributed by atoms with Crippen molar-refractivity contribution in [3.63, 3.8) is 0 Å². The van der Waals surface area contributed by atoms with Crippen molar-refractivity contribution in [3.05, 3.63) is 60.3 Å². The first-order chi connectivity index (χ1) is 13.6. The molecular weight excluding hydrogens is 374 g/mol. The molecule has 0 spiro atoms. The molecule has 1 aromatic heterocycles. The summed E-state index contributed by atoms with van der Waals surface area (Å²) in [5.74, 6) is 1.19. The van der Waals surface area contributed by atoms with E-state index in [1.54, 1.807) is 18.2 Å². The van der Waals surface area contributed by atoms with Crippen molar-refractivity contribution in [2.24, 2.45) is 0 Å². The molecule has 0 saturated heterocycles. The van der Waals surface area contributed by atoms with Crippen LogP contribution in [0.2, 0.25) is 0 Å². The van der Waals surface area contributed by atoms with Gasteiger partial charge in [-0.25, -0.2) is 9.97 Å². The summed E-state index contributed by atoms with van der Waals surface area (Å²) < 4.78 is 10.6. The lowest BCUT2D eigenvalue weighted by molar-refractivity contribution is -0.115. The molecule has 3 aromatic rings. The summed E-state index contributed by atoms with van der Waals surface area (Å²) >= 11 is 1.33. The largest absolute Gasteiger partial charge is 0.454 e. The fraction of sp³-hybridized carbons (Fsp3) is 0.190. The maximum atomic E-state index is 12.6. The van der Waals surface area contributed by atoms with Gasteiger partial charge in [0.05, 0.1) is 10.9 Å². The molecular formula is C21H19N3O3S. The van der Waals surface area contributed by atoms with Gasteiger partial charge in [0.1, 0.15) is 0 Å². The van der Waals surface area contributed by atoms with Crippen molar-refractivity contribution in [3.8, 4) is 22.8 Å². The van der Waals surface area contributed by atoms with Crippen molar-refractivity contribution >= 4 is 23.4 Å². The van der Waals surface area contributed by atoms with Crippen LogP contribution in [0.25, 0.3) is 11.3 Å². The second-order valence-corrected chi connectivity index (χ2v) is 7.67. The molecule has 4 rings (SSSR count). The van der Waals surface area contributed by atoms with E-state index in [0.717, 1.165) is 17.0 Å². The first-order valence-corrected chi connectivity index (χ1v) is 9.75. The second kappa shape index (κ2) is 7.90. The number of aromatic nitrogens is 2. The molecule has 0 fully saturated rings. The summed E-state index contributed by atoms with van der Waals surface area (Å²) in [7, 11) is 0. The van der Waals surface area contributed by atoms with Gasteiger partial charge >= 0.3 is 0 Å². The molecule has 0 unspecified atom stereocenters. The molecule has 0 saturated carbocycles. The highest BCUT2D eigenvalue weighted by Crippen LogP contribution is 2.34. The van der Waals surface area contributed by atoms with E-state index in [1.807, 2.05) is 50.2 Å². The standard InChI is InChI=1S/C21H19N3O3S/c1-13-10-17(15-6-4-3-5-7-15)24-21(22-13)28-14(2)20(25)23-16-8-9-18-19(11-16)27-12-26-18/h3-11,14H,12H2,1-2H3,(H,23,25)/t14-/m1/s1. The van der Waals surface area contributed by atoms with Gasteiger partial charge in [0, 0.05) is 23.0 Å². The molecule has 1 N–H and O–H groups in total. The molecule has 1 amide bonds. The summed E-state index contributed by atoms with van der Waals surface area (Å²) in [6.07, 6.45) is 0. The fourth-order valence-corrected chi connectivity index (χ4v) is 3.61. The number of hydrogen-bond donors (Lipinski definition) is 1. The second-order valence-electron chi connectivity index (χ2n) is 6.36. The molecule has 1 aliphatic heterocycles. The van der Waals surface area contributed by atoms with Gasteiger partial charge < -0.3 is 14.8 Å². The molecule has 7 heteroatoms. The molecule has 6 nitrogen and oxygen atoms in total. The third-order valence-corrected chi connectivity index (χ3v) is 5.16. The number of nitrogens with one attached hydrogen (secondary N) is 1. The lowest BCUT2D eigenvalue weighted by Gasteiger charge is -2.12.